The Morgan fingerprint density at radius 2 is 1.55 bits per heavy atom. The summed E-state index contributed by atoms with van der Waals surface area (Å²) in [7, 11) is 2.75. The summed E-state index contributed by atoms with van der Waals surface area (Å²) in [5.41, 5.74) is -0.276. The van der Waals surface area contributed by atoms with E-state index in [4.69, 9.17) is 9.47 Å². The minimum atomic E-state index is -1.09. The van der Waals surface area contributed by atoms with Crippen LogP contribution in [0, 0.1) is 11.8 Å². The van der Waals surface area contributed by atoms with Crippen molar-refractivity contribution in [3.05, 3.63) is 62.3 Å². The predicted molar refractivity (Wildman–Crippen MR) is 118 cm³/mol. The van der Waals surface area contributed by atoms with E-state index in [2.05, 4.69) is 0 Å². The van der Waals surface area contributed by atoms with E-state index in [1.54, 1.807) is 13.8 Å². The second-order valence-electron chi connectivity index (χ2n) is 8.11. The van der Waals surface area contributed by atoms with Crippen molar-refractivity contribution >= 4 is 18.0 Å². The Bertz CT molecular complexity index is 1160. The molecule has 2 atom stereocenters. The summed E-state index contributed by atoms with van der Waals surface area (Å²) in [6.45, 7) is 3.44. The molecule has 0 saturated carbocycles. The van der Waals surface area contributed by atoms with Gasteiger partial charge in [0.25, 0.3) is 5.56 Å². The number of benzene rings is 1. The molecule has 1 fully saturated rings. The van der Waals surface area contributed by atoms with Crippen molar-refractivity contribution in [1.29, 1.82) is 0 Å². The van der Waals surface area contributed by atoms with Gasteiger partial charge in [-0.3, -0.25) is 28.4 Å². The Kier molecular flexibility index (Phi) is 7.15. The number of carbonyl (C=O) groups is 3. The maximum Gasteiger partial charge on any atom is 0.515 e. The highest BCUT2D eigenvalue weighted by Gasteiger charge is 2.41. The van der Waals surface area contributed by atoms with Crippen molar-refractivity contribution in [3.63, 3.8) is 0 Å². The quantitative estimate of drug-likeness (QED) is 0.349. The van der Waals surface area contributed by atoms with Crippen LogP contribution in [0.3, 0.4) is 0 Å². The second-order valence-corrected chi connectivity index (χ2v) is 8.11. The van der Waals surface area contributed by atoms with Gasteiger partial charge in [0.2, 0.25) is 17.7 Å². The lowest BCUT2D eigenvalue weighted by Crippen LogP contribution is -2.40. The van der Waals surface area contributed by atoms with Crippen molar-refractivity contribution in [3.8, 4) is 5.88 Å². The van der Waals surface area contributed by atoms with Crippen LogP contribution in [0.2, 0.25) is 0 Å². The Labute approximate surface area is 190 Å². The molecule has 2 unspecified atom stereocenters. The van der Waals surface area contributed by atoms with Crippen molar-refractivity contribution < 1.29 is 23.9 Å². The highest BCUT2D eigenvalue weighted by atomic mass is 16.7. The summed E-state index contributed by atoms with van der Waals surface area (Å²) >= 11 is 0. The molecule has 0 radical (unpaired) electrons. The highest BCUT2D eigenvalue weighted by molar-refractivity contribution is 6.04. The van der Waals surface area contributed by atoms with E-state index in [0.717, 1.165) is 14.7 Å². The molecule has 1 aliphatic heterocycles. The first-order chi connectivity index (χ1) is 15.6. The zero-order chi connectivity index (χ0) is 24.3. The normalized spacial score (nSPS) is 18.0. The molecule has 1 aromatic carbocycles. The van der Waals surface area contributed by atoms with Gasteiger partial charge in [0, 0.05) is 38.9 Å². The number of carbonyl (C=O) groups excluding carboxylic acids is 3. The number of nitrogens with zero attached hydrogens (tertiary/aromatic N) is 3. The van der Waals surface area contributed by atoms with E-state index in [0.29, 0.717) is 0 Å². The third-order valence-electron chi connectivity index (χ3n) is 5.91. The van der Waals surface area contributed by atoms with Gasteiger partial charge in [-0.2, -0.15) is 0 Å². The van der Waals surface area contributed by atoms with Crippen molar-refractivity contribution in [2.24, 2.45) is 25.9 Å². The minimum absolute atomic E-state index is 0.106. The summed E-state index contributed by atoms with van der Waals surface area (Å²) < 4.78 is 12.3. The number of hydrogen-bond donors (Lipinski definition) is 0. The molecule has 176 valence electrons. The lowest BCUT2D eigenvalue weighted by Gasteiger charge is -2.16. The fourth-order valence-electron chi connectivity index (χ4n) is 3.71. The molecule has 33 heavy (non-hydrogen) atoms. The van der Waals surface area contributed by atoms with Crippen LogP contribution in [-0.4, -0.2) is 45.2 Å². The van der Waals surface area contributed by atoms with Crippen LogP contribution in [0.15, 0.2) is 39.9 Å². The predicted octanol–water partition coefficient (Wildman–Crippen LogP) is 1.22. The number of amides is 2. The molecular weight excluding hydrogens is 430 g/mol. The van der Waals surface area contributed by atoms with E-state index in [-0.39, 0.29) is 61.1 Å². The Morgan fingerprint density at radius 3 is 2.15 bits per heavy atom. The molecule has 0 N–H and O–H groups in total. The smallest absolute Gasteiger partial charge is 0.434 e. The molecule has 0 aliphatic carbocycles. The average Bonchev–Trinajstić information content (AvgIpc) is 2.99. The first-order valence-corrected chi connectivity index (χ1v) is 10.7. The van der Waals surface area contributed by atoms with Crippen LogP contribution in [0.5, 0.6) is 5.88 Å². The first-order valence-electron chi connectivity index (χ1n) is 10.7. The number of likely N-dealkylation sites (tertiary alicyclic amines) is 1. The molecule has 1 aromatic heterocycles. The van der Waals surface area contributed by atoms with Crippen LogP contribution < -0.4 is 16.0 Å². The maximum atomic E-state index is 12.7. The van der Waals surface area contributed by atoms with Gasteiger partial charge >= 0.3 is 11.8 Å². The molecule has 3 rings (SSSR count). The fourth-order valence-corrected chi connectivity index (χ4v) is 3.71. The number of hydrogen-bond acceptors (Lipinski definition) is 7. The Hall–Kier alpha value is -3.69. The zero-order valence-corrected chi connectivity index (χ0v) is 19.1. The third-order valence-corrected chi connectivity index (χ3v) is 5.91. The Morgan fingerprint density at radius 1 is 0.939 bits per heavy atom. The standard InChI is InChI=1S/C23H27N3O7/c1-14-15(2)19(28)26(18(14)27)11-8-12-32-23(31)33-21-17(13-16-9-6-5-7-10-16)20(29)24(3)22(30)25(21)4/h5-7,9-10,14-15H,8,11-13H2,1-4H3. The van der Waals surface area contributed by atoms with E-state index in [9.17, 15) is 24.0 Å². The Balaban J connectivity index is 1.68. The average molecular weight is 457 g/mol. The van der Waals surface area contributed by atoms with E-state index in [1.165, 1.54) is 19.0 Å². The highest BCUT2D eigenvalue weighted by Crippen LogP contribution is 2.25. The van der Waals surface area contributed by atoms with Gasteiger partial charge in [-0.15, -0.1) is 0 Å². The minimum Gasteiger partial charge on any atom is -0.434 e. The lowest BCUT2D eigenvalue weighted by atomic mass is 10.00. The molecule has 2 aromatic rings. The van der Waals surface area contributed by atoms with Crippen LogP contribution >= 0.6 is 0 Å². The van der Waals surface area contributed by atoms with E-state index in [1.807, 2.05) is 30.3 Å². The van der Waals surface area contributed by atoms with E-state index >= 15 is 0 Å². The van der Waals surface area contributed by atoms with Crippen LogP contribution in [0.4, 0.5) is 4.79 Å². The molecule has 2 heterocycles. The van der Waals surface area contributed by atoms with Gasteiger partial charge in [0.15, 0.2) is 0 Å². The molecule has 10 heteroatoms. The number of aromatic nitrogens is 2. The van der Waals surface area contributed by atoms with Crippen molar-refractivity contribution in [2.75, 3.05) is 13.2 Å². The maximum absolute atomic E-state index is 12.7. The van der Waals surface area contributed by atoms with Crippen LogP contribution in [0.1, 0.15) is 31.4 Å². The van der Waals surface area contributed by atoms with Gasteiger partial charge in [0.05, 0.1) is 12.2 Å². The lowest BCUT2D eigenvalue weighted by molar-refractivity contribution is -0.139. The third kappa shape index (κ3) is 4.89. The zero-order valence-electron chi connectivity index (χ0n) is 19.1. The SMILES string of the molecule is CC1C(=O)N(CCCOC(=O)Oc2c(Cc3ccccc3)c(=O)n(C)c(=O)n2C)C(=O)C1C. The molecule has 10 nitrogen and oxygen atoms in total. The molecular formula is C23H27N3O7. The van der Waals surface area contributed by atoms with Gasteiger partial charge in [-0.05, 0) is 12.0 Å². The molecule has 0 bridgehead atoms. The largest absolute Gasteiger partial charge is 0.515 e. The van der Waals surface area contributed by atoms with Crippen molar-refractivity contribution in [1.82, 2.24) is 14.0 Å². The molecule has 2 amide bonds. The topological polar surface area (TPSA) is 117 Å². The summed E-state index contributed by atoms with van der Waals surface area (Å²) in [6, 6.07) is 9.09. The number of ether oxygens (including phenoxy) is 2. The van der Waals surface area contributed by atoms with E-state index < -0.39 is 17.4 Å². The monoisotopic (exact) mass is 457 g/mol. The fraction of sp³-hybridized carbons (Fsp3) is 0.435. The number of rotatable bonds is 7. The summed E-state index contributed by atoms with van der Waals surface area (Å²) in [5.74, 6) is -1.40. The second kappa shape index (κ2) is 9.85. The van der Waals surface area contributed by atoms with Gasteiger partial charge < -0.3 is 9.47 Å². The number of imide groups is 1. The van der Waals surface area contributed by atoms with Crippen LogP contribution in [0.25, 0.3) is 0 Å². The van der Waals surface area contributed by atoms with Crippen LogP contribution in [-0.2, 0) is 34.8 Å². The summed E-state index contributed by atoms with van der Waals surface area (Å²) in [5, 5.41) is 0. The summed E-state index contributed by atoms with van der Waals surface area (Å²) in [4.78, 5) is 62.8. The molecule has 1 aliphatic rings. The van der Waals surface area contributed by atoms with Gasteiger partial charge in [-0.1, -0.05) is 44.2 Å². The first kappa shape index (κ1) is 24.0. The van der Waals surface area contributed by atoms with Gasteiger partial charge in [-0.25, -0.2) is 9.59 Å². The summed E-state index contributed by atoms with van der Waals surface area (Å²) in [6.07, 6.45) is -0.702. The van der Waals surface area contributed by atoms with Crippen molar-refractivity contribution in [2.45, 2.75) is 26.7 Å². The van der Waals surface area contributed by atoms with Gasteiger partial charge in [0.1, 0.15) is 0 Å². The molecule has 0 spiro atoms. The molecule has 1 saturated heterocycles.